The van der Waals surface area contributed by atoms with Crippen LogP contribution in [-0.2, 0) is 60.9 Å². The third-order valence-electron chi connectivity index (χ3n) is 16.0. The van der Waals surface area contributed by atoms with Crippen molar-refractivity contribution < 1.29 is 28.8 Å². The number of rotatable bonds is 37. The summed E-state index contributed by atoms with van der Waals surface area (Å²) in [6.07, 6.45) is 10.2. The van der Waals surface area contributed by atoms with Crippen molar-refractivity contribution in [2.45, 2.75) is 159 Å². The quantitative estimate of drug-likeness (QED) is 0.0176. The Morgan fingerprint density at radius 1 is 0.326 bits per heavy atom. The minimum Gasteiger partial charge on any atom is -0.345 e. The van der Waals surface area contributed by atoms with Gasteiger partial charge in [0, 0.05) is 19.3 Å². The Labute approximate surface area is 546 Å². The lowest BCUT2D eigenvalue weighted by molar-refractivity contribution is -0.128. The summed E-state index contributed by atoms with van der Waals surface area (Å²) in [6.45, 7) is 5.77. The van der Waals surface area contributed by atoms with E-state index in [-0.39, 0.29) is 47.9 Å². The monoisotopic (exact) mass is 1250 g/mol. The van der Waals surface area contributed by atoms with Gasteiger partial charge >= 0.3 is 0 Å². The van der Waals surface area contributed by atoms with Crippen LogP contribution in [0.25, 0.3) is 22.3 Å². The molecule has 490 valence electrons. The molecule has 0 aromatic heterocycles. The van der Waals surface area contributed by atoms with Gasteiger partial charge in [-0.25, -0.2) is 0 Å². The third-order valence-corrected chi connectivity index (χ3v) is 16.0. The molecule has 0 aliphatic heterocycles. The van der Waals surface area contributed by atoms with Gasteiger partial charge in [0.1, 0.15) is 0 Å². The maximum absolute atomic E-state index is 13.3. The second-order valence-electron chi connectivity index (χ2n) is 24.0. The first kappa shape index (κ1) is 74.4. The molecule has 0 radical (unpaired) electrons. The molecule has 6 atom stereocenters. The zero-order valence-corrected chi connectivity index (χ0v) is 54.1. The molecule has 0 unspecified atom stereocenters. The number of hydrogen-bond acceptors (Lipinski definition) is 12. The molecule has 7 aromatic rings. The minimum atomic E-state index is -0.665. The smallest absolute Gasteiger partial charge is 0.237 e. The normalized spacial score (nSPS) is 12.9. The van der Waals surface area contributed by atoms with Gasteiger partial charge in [-0.15, -0.1) is 0 Å². The number of aryl methyl sites for hydroxylation is 3. The van der Waals surface area contributed by atoms with E-state index in [9.17, 15) is 28.8 Å². The average molecular weight is 1250 g/mol. The third kappa shape index (κ3) is 28.5. The van der Waals surface area contributed by atoms with Crippen LogP contribution in [-0.4, -0.2) is 91.0 Å². The van der Waals surface area contributed by atoms with Crippen LogP contribution in [0.5, 0.6) is 0 Å². The molecule has 7 aromatic carbocycles. The molecule has 0 saturated heterocycles. The minimum absolute atomic E-state index is 0.0160. The number of nitrogens with one attached hydrogen (secondary N) is 3. The van der Waals surface area contributed by atoms with E-state index >= 15 is 0 Å². The van der Waals surface area contributed by atoms with Gasteiger partial charge in [0.25, 0.3) is 0 Å². The second-order valence-corrected chi connectivity index (χ2v) is 24.0. The number of benzene rings is 7. The highest BCUT2D eigenvalue weighted by Gasteiger charge is 2.27. The molecular formula is C77H101N9O6. The lowest BCUT2D eigenvalue weighted by Crippen LogP contribution is -2.49. The number of Topliss-reactive ketones (excluding diaryl/α,β-unsaturated/α-hetero) is 3. The van der Waals surface area contributed by atoms with Gasteiger partial charge in [-0.05, 0) is 159 Å². The molecule has 92 heavy (non-hydrogen) atoms. The Balaban J connectivity index is 0.000000253. The van der Waals surface area contributed by atoms with Crippen LogP contribution in [0, 0.1) is 5.92 Å². The van der Waals surface area contributed by atoms with Gasteiger partial charge in [0.05, 0.1) is 36.3 Å². The van der Waals surface area contributed by atoms with Crippen molar-refractivity contribution in [1.29, 1.82) is 0 Å². The van der Waals surface area contributed by atoms with Crippen molar-refractivity contribution in [3.05, 3.63) is 228 Å². The van der Waals surface area contributed by atoms with E-state index in [1.54, 1.807) is 0 Å². The highest BCUT2D eigenvalue weighted by Crippen LogP contribution is 2.23. The summed E-state index contributed by atoms with van der Waals surface area (Å²) >= 11 is 0. The molecular weight excluding hydrogens is 1150 g/mol. The summed E-state index contributed by atoms with van der Waals surface area (Å²) in [5.74, 6) is -0.213. The van der Waals surface area contributed by atoms with Gasteiger partial charge in [-0.2, -0.15) is 0 Å². The Bertz CT molecular complexity index is 3230. The number of carbonyl (C=O) groups excluding carboxylic acids is 6. The van der Waals surface area contributed by atoms with Crippen LogP contribution in [0.15, 0.2) is 200 Å². The predicted octanol–water partition coefficient (Wildman–Crippen LogP) is 9.86. The Kier molecular flexibility index (Phi) is 34.6. The molecule has 0 aliphatic carbocycles. The first-order valence-corrected chi connectivity index (χ1v) is 32.8. The van der Waals surface area contributed by atoms with Gasteiger partial charge < -0.3 is 50.4 Å². The molecule has 0 fully saturated rings. The van der Waals surface area contributed by atoms with Crippen molar-refractivity contribution in [2.75, 3.05) is 19.6 Å². The topological polar surface area (TPSA) is 295 Å². The highest BCUT2D eigenvalue weighted by molar-refractivity contribution is 5.93. The summed E-state index contributed by atoms with van der Waals surface area (Å²) in [4.78, 5) is 76.7. The zero-order chi connectivity index (χ0) is 66.3. The second kappa shape index (κ2) is 42.7. The lowest BCUT2D eigenvalue weighted by Gasteiger charge is -2.20. The van der Waals surface area contributed by atoms with Crippen molar-refractivity contribution >= 4 is 35.1 Å². The van der Waals surface area contributed by atoms with Crippen LogP contribution >= 0.6 is 0 Å². The average Bonchev–Trinajstić information content (AvgIpc) is 1.66. The zero-order valence-electron chi connectivity index (χ0n) is 54.1. The molecule has 15 nitrogen and oxygen atoms in total. The van der Waals surface area contributed by atoms with E-state index in [0.29, 0.717) is 103 Å². The Morgan fingerprint density at radius 3 is 1.01 bits per heavy atom. The van der Waals surface area contributed by atoms with Gasteiger partial charge in [-0.3, -0.25) is 28.8 Å². The van der Waals surface area contributed by atoms with Gasteiger partial charge in [-0.1, -0.05) is 220 Å². The highest BCUT2D eigenvalue weighted by atomic mass is 16.2. The molecule has 3 amide bonds. The standard InChI is InChI=1S/2C28H33N3O2.C21H35N3O2/c29-18-8-15-25(30)28(33)31-26(17-16-21-9-3-1-4-10-21)27(32)20-22-11-7-14-24(19-22)23-12-5-2-6-13-23;29-19-7-12-25(30)28(33)31-26(18-15-21-8-3-1-4-9-21)27(32)20-22-13-16-24(17-14-22)23-10-5-2-6-11-23;1-16(2)8-6-12-20(25)19(14-13-17-9-4-3-5-10-17)24-21(26)18(23)11-7-15-22/h1-7,9-14,19,25-26H,8,15-18,20,29-30H2,(H,31,33);1-6,8-11,13-14,16-17,25-26H,7,12,15,18-20,29-30H2,(H,31,33);3-5,9-10,16,18-19H,6-8,11-15,22-23H2,1-2H3,(H,24,26)/t2*25-,26+;18-,19+/m000/s1. The molecule has 15 N–H and O–H groups in total. The fourth-order valence-electron chi connectivity index (χ4n) is 10.5. The number of amides is 3. The van der Waals surface area contributed by atoms with Gasteiger partial charge in [0.15, 0.2) is 17.3 Å². The van der Waals surface area contributed by atoms with Crippen molar-refractivity contribution in [2.24, 2.45) is 40.3 Å². The number of carbonyl (C=O) groups is 6. The molecule has 0 heterocycles. The van der Waals surface area contributed by atoms with Crippen molar-refractivity contribution in [1.82, 2.24) is 16.0 Å². The van der Waals surface area contributed by atoms with Crippen LogP contribution in [0.1, 0.15) is 119 Å². The summed E-state index contributed by atoms with van der Waals surface area (Å²) in [5.41, 5.74) is 44.2. The van der Waals surface area contributed by atoms with Crippen molar-refractivity contribution in [3.8, 4) is 22.3 Å². The first-order chi connectivity index (χ1) is 44.6. The van der Waals surface area contributed by atoms with E-state index in [4.69, 9.17) is 34.4 Å². The molecule has 0 spiro atoms. The molecule has 15 heteroatoms. The van der Waals surface area contributed by atoms with Crippen LogP contribution < -0.4 is 50.4 Å². The summed E-state index contributed by atoms with van der Waals surface area (Å²) < 4.78 is 0. The van der Waals surface area contributed by atoms with E-state index in [2.05, 4.69) is 41.9 Å². The number of ketones is 3. The van der Waals surface area contributed by atoms with E-state index in [1.807, 2.05) is 188 Å². The molecule has 7 rings (SSSR count). The van der Waals surface area contributed by atoms with Crippen molar-refractivity contribution in [3.63, 3.8) is 0 Å². The van der Waals surface area contributed by atoms with E-state index < -0.39 is 36.3 Å². The van der Waals surface area contributed by atoms with Crippen LogP contribution in [0.4, 0.5) is 0 Å². The Morgan fingerprint density at radius 2 is 0.641 bits per heavy atom. The molecule has 0 aliphatic rings. The number of hydrogen-bond donors (Lipinski definition) is 9. The molecule has 0 saturated carbocycles. The van der Waals surface area contributed by atoms with Crippen LogP contribution in [0.2, 0.25) is 0 Å². The fourth-order valence-corrected chi connectivity index (χ4v) is 10.5. The lowest BCUT2D eigenvalue weighted by atomic mass is 9.95. The van der Waals surface area contributed by atoms with Crippen LogP contribution in [0.3, 0.4) is 0 Å². The van der Waals surface area contributed by atoms with E-state index in [0.717, 1.165) is 69.3 Å². The SMILES string of the molecule is CC(C)CCCC(=O)[C@@H](CCc1ccccc1)NC(=O)[C@@H](N)CCCN.NCCC[C@H](N)C(=O)N[C@H](CCc1ccccc1)C(=O)Cc1ccc(-c2ccccc2)cc1.NCCC[C@H](N)C(=O)N[C@H](CCc1ccccc1)C(=O)Cc1cccc(-c2ccccc2)c1. The maximum Gasteiger partial charge on any atom is 0.237 e. The summed E-state index contributed by atoms with van der Waals surface area (Å²) in [7, 11) is 0. The number of nitrogens with two attached hydrogens (primary N) is 6. The largest absolute Gasteiger partial charge is 0.345 e. The molecule has 0 bridgehead atoms. The maximum atomic E-state index is 13.3. The summed E-state index contributed by atoms with van der Waals surface area (Å²) in [6, 6.07) is 62.5. The summed E-state index contributed by atoms with van der Waals surface area (Å²) in [5, 5.41) is 8.69. The first-order valence-electron chi connectivity index (χ1n) is 32.8. The van der Waals surface area contributed by atoms with Gasteiger partial charge in [0.2, 0.25) is 17.7 Å². The fraction of sp³-hybridized carbons (Fsp3) is 0.377. The van der Waals surface area contributed by atoms with E-state index in [1.165, 1.54) is 0 Å². The predicted molar refractivity (Wildman–Crippen MR) is 374 cm³/mol. The Hall–Kier alpha value is -8.28.